The van der Waals surface area contributed by atoms with Crippen molar-refractivity contribution in [1.82, 2.24) is 4.72 Å². The number of nitrogens with two attached hydrogens (primary N) is 1. The first kappa shape index (κ1) is 14.8. The molecule has 1 saturated carbocycles. The van der Waals surface area contributed by atoms with Gasteiger partial charge in [-0.15, -0.1) is 0 Å². The smallest absolute Gasteiger partial charge is 0.339 e. The molecular formula is C13H18N2O4S. The maximum absolute atomic E-state index is 12.3. The highest BCUT2D eigenvalue weighted by Crippen LogP contribution is 2.32. The van der Waals surface area contributed by atoms with E-state index in [1.165, 1.54) is 25.3 Å². The molecular weight excluding hydrogens is 280 g/mol. The van der Waals surface area contributed by atoms with Gasteiger partial charge in [-0.25, -0.2) is 17.9 Å². The Morgan fingerprint density at radius 1 is 1.45 bits per heavy atom. The molecule has 0 aliphatic heterocycles. The van der Waals surface area contributed by atoms with E-state index >= 15 is 0 Å². The average Bonchev–Trinajstić information content (AvgIpc) is 3.21. The Morgan fingerprint density at radius 2 is 2.15 bits per heavy atom. The van der Waals surface area contributed by atoms with E-state index in [2.05, 4.69) is 9.46 Å². The fourth-order valence-electron chi connectivity index (χ4n) is 1.92. The van der Waals surface area contributed by atoms with E-state index in [1.54, 1.807) is 0 Å². The summed E-state index contributed by atoms with van der Waals surface area (Å²) >= 11 is 0. The first-order valence-corrected chi connectivity index (χ1v) is 7.90. The summed E-state index contributed by atoms with van der Waals surface area (Å²) < 4.78 is 31.6. The van der Waals surface area contributed by atoms with E-state index < -0.39 is 16.0 Å². The van der Waals surface area contributed by atoms with Crippen molar-refractivity contribution in [2.75, 3.05) is 19.4 Å². The molecule has 20 heavy (non-hydrogen) atoms. The molecule has 1 aromatic rings. The van der Waals surface area contributed by atoms with Gasteiger partial charge in [0.25, 0.3) is 0 Å². The SMILES string of the molecule is COC(=O)c1ccc(N)cc1S(=O)(=O)NCCC1CC1. The van der Waals surface area contributed by atoms with Crippen molar-refractivity contribution >= 4 is 21.7 Å². The number of benzene rings is 1. The van der Waals surface area contributed by atoms with Crippen LogP contribution in [0.5, 0.6) is 0 Å². The molecule has 0 amide bonds. The summed E-state index contributed by atoms with van der Waals surface area (Å²) in [6.07, 6.45) is 3.13. The number of nitrogens with one attached hydrogen (secondary N) is 1. The largest absolute Gasteiger partial charge is 0.465 e. The van der Waals surface area contributed by atoms with Gasteiger partial charge in [-0.2, -0.15) is 0 Å². The monoisotopic (exact) mass is 298 g/mol. The Morgan fingerprint density at radius 3 is 2.75 bits per heavy atom. The van der Waals surface area contributed by atoms with Crippen LogP contribution in [0.15, 0.2) is 23.1 Å². The number of sulfonamides is 1. The van der Waals surface area contributed by atoms with Crippen LogP contribution in [0, 0.1) is 5.92 Å². The summed E-state index contributed by atoms with van der Waals surface area (Å²) in [7, 11) is -2.56. The van der Waals surface area contributed by atoms with Gasteiger partial charge in [0.1, 0.15) is 0 Å². The number of rotatable bonds is 6. The second-order valence-electron chi connectivity index (χ2n) is 4.88. The highest BCUT2D eigenvalue weighted by molar-refractivity contribution is 7.89. The zero-order valence-electron chi connectivity index (χ0n) is 11.3. The van der Waals surface area contributed by atoms with E-state index in [4.69, 9.17) is 5.73 Å². The topological polar surface area (TPSA) is 98.5 Å². The van der Waals surface area contributed by atoms with Gasteiger partial charge >= 0.3 is 5.97 Å². The predicted molar refractivity (Wildman–Crippen MR) is 74.7 cm³/mol. The van der Waals surface area contributed by atoms with Gasteiger partial charge in [-0.05, 0) is 30.5 Å². The van der Waals surface area contributed by atoms with Crippen molar-refractivity contribution in [2.24, 2.45) is 5.92 Å². The second-order valence-corrected chi connectivity index (χ2v) is 6.61. The number of carbonyl (C=O) groups excluding carboxylic acids is 1. The van der Waals surface area contributed by atoms with Crippen LogP contribution in [0.1, 0.15) is 29.6 Å². The number of methoxy groups -OCH3 is 1. The Kier molecular flexibility index (Phi) is 4.29. The first-order valence-electron chi connectivity index (χ1n) is 6.41. The molecule has 1 aliphatic rings. The van der Waals surface area contributed by atoms with Crippen molar-refractivity contribution in [2.45, 2.75) is 24.2 Å². The molecule has 1 fully saturated rings. The van der Waals surface area contributed by atoms with Crippen LogP contribution >= 0.6 is 0 Å². The molecule has 0 heterocycles. The number of anilines is 1. The predicted octanol–water partition coefficient (Wildman–Crippen LogP) is 1.13. The van der Waals surface area contributed by atoms with E-state index in [1.807, 2.05) is 0 Å². The van der Waals surface area contributed by atoms with E-state index in [0.29, 0.717) is 12.5 Å². The zero-order valence-corrected chi connectivity index (χ0v) is 12.1. The molecule has 0 bridgehead atoms. The van der Waals surface area contributed by atoms with Crippen LogP contribution < -0.4 is 10.5 Å². The molecule has 110 valence electrons. The molecule has 0 radical (unpaired) electrons. The summed E-state index contributed by atoms with van der Waals surface area (Å²) in [5, 5.41) is 0. The zero-order chi connectivity index (χ0) is 14.8. The quantitative estimate of drug-likeness (QED) is 0.606. The van der Waals surface area contributed by atoms with Crippen LogP contribution in [-0.4, -0.2) is 28.0 Å². The minimum atomic E-state index is -3.77. The van der Waals surface area contributed by atoms with Crippen LogP contribution in [0.2, 0.25) is 0 Å². The van der Waals surface area contributed by atoms with Gasteiger partial charge in [0.05, 0.1) is 17.6 Å². The third kappa shape index (κ3) is 3.49. The summed E-state index contributed by atoms with van der Waals surface area (Å²) in [5.41, 5.74) is 5.87. The van der Waals surface area contributed by atoms with Gasteiger partial charge in [0.15, 0.2) is 0 Å². The molecule has 7 heteroatoms. The van der Waals surface area contributed by atoms with Crippen LogP contribution in [-0.2, 0) is 14.8 Å². The lowest BCUT2D eigenvalue weighted by molar-refractivity contribution is 0.0596. The minimum absolute atomic E-state index is 0.0133. The van der Waals surface area contributed by atoms with Crippen molar-refractivity contribution in [3.63, 3.8) is 0 Å². The lowest BCUT2D eigenvalue weighted by Gasteiger charge is -2.11. The minimum Gasteiger partial charge on any atom is -0.465 e. The summed E-state index contributed by atoms with van der Waals surface area (Å²) in [6.45, 7) is 0.364. The summed E-state index contributed by atoms with van der Waals surface area (Å²) in [6, 6.07) is 4.10. The number of ether oxygens (including phenoxy) is 1. The Balaban J connectivity index is 2.23. The molecule has 1 aliphatic carbocycles. The second kappa shape index (κ2) is 5.80. The summed E-state index contributed by atoms with van der Waals surface area (Å²) in [4.78, 5) is 11.5. The number of carbonyl (C=O) groups is 1. The van der Waals surface area contributed by atoms with Crippen LogP contribution in [0.3, 0.4) is 0 Å². The van der Waals surface area contributed by atoms with Crippen LogP contribution in [0.4, 0.5) is 5.69 Å². The summed E-state index contributed by atoms with van der Waals surface area (Å²) in [5.74, 6) is -0.0776. The van der Waals surface area contributed by atoms with E-state index in [9.17, 15) is 13.2 Å². The lowest BCUT2D eigenvalue weighted by atomic mass is 10.2. The highest BCUT2D eigenvalue weighted by Gasteiger charge is 2.25. The third-order valence-electron chi connectivity index (χ3n) is 3.24. The van der Waals surface area contributed by atoms with E-state index in [-0.39, 0.29) is 16.1 Å². The number of hydrogen-bond donors (Lipinski definition) is 2. The first-order chi connectivity index (χ1) is 9.44. The van der Waals surface area contributed by atoms with Crippen molar-refractivity contribution in [3.8, 4) is 0 Å². The molecule has 0 atom stereocenters. The van der Waals surface area contributed by atoms with Gasteiger partial charge in [-0.3, -0.25) is 0 Å². The van der Waals surface area contributed by atoms with Gasteiger partial charge in [-0.1, -0.05) is 12.8 Å². The van der Waals surface area contributed by atoms with Gasteiger partial charge < -0.3 is 10.5 Å². The van der Waals surface area contributed by atoms with Gasteiger partial charge in [0, 0.05) is 12.2 Å². The fraction of sp³-hybridized carbons (Fsp3) is 0.462. The van der Waals surface area contributed by atoms with E-state index in [0.717, 1.165) is 19.3 Å². The average molecular weight is 298 g/mol. The Bertz CT molecular complexity index is 609. The maximum atomic E-state index is 12.3. The van der Waals surface area contributed by atoms with Crippen LogP contribution in [0.25, 0.3) is 0 Å². The molecule has 3 N–H and O–H groups in total. The van der Waals surface area contributed by atoms with Crippen molar-refractivity contribution in [1.29, 1.82) is 0 Å². The molecule has 1 aromatic carbocycles. The Labute approximate surface area is 118 Å². The molecule has 6 nitrogen and oxygen atoms in total. The molecule has 2 rings (SSSR count). The van der Waals surface area contributed by atoms with Gasteiger partial charge in [0.2, 0.25) is 10.0 Å². The molecule has 0 saturated heterocycles. The number of nitrogen functional groups attached to an aromatic ring is 1. The Hall–Kier alpha value is -1.60. The maximum Gasteiger partial charge on any atom is 0.339 e. The third-order valence-corrected chi connectivity index (χ3v) is 4.74. The molecule has 0 unspecified atom stereocenters. The molecule has 0 aromatic heterocycles. The normalized spacial score (nSPS) is 15.1. The fourth-order valence-corrected chi connectivity index (χ4v) is 3.20. The standard InChI is InChI=1S/C13H18N2O4S/c1-19-13(16)11-5-4-10(14)8-12(11)20(17,18)15-7-6-9-2-3-9/h4-5,8-9,15H,2-3,6-7,14H2,1H3. The highest BCUT2D eigenvalue weighted by atomic mass is 32.2. The number of esters is 1. The van der Waals surface area contributed by atoms with Crippen molar-refractivity contribution < 1.29 is 17.9 Å². The number of hydrogen-bond acceptors (Lipinski definition) is 5. The molecule has 0 spiro atoms. The lowest BCUT2D eigenvalue weighted by Crippen LogP contribution is -2.27. The van der Waals surface area contributed by atoms with Crippen molar-refractivity contribution in [3.05, 3.63) is 23.8 Å².